The van der Waals surface area contributed by atoms with Crippen LogP contribution < -0.4 is 5.32 Å². The topological polar surface area (TPSA) is 75.6 Å². The zero-order chi connectivity index (χ0) is 16.6. The van der Waals surface area contributed by atoms with Gasteiger partial charge in [0.1, 0.15) is 0 Å². The van der Waals surface area contributed by atoms with Crippen LogP contribution in [0.15, 0.2) is 18.2 Å². The Bertz CT molecular complexity index is 643. The van der Waals surface area contributed by atoms with E-state index in [1.54, 1.807) is 6.07 Å². The van der Waals surface area contributed by atoms with Crippen LogP contribution in [0, 0.1) is 5.92 Å². The molecule has 0 radical (unpaired) electrons. The molecule has 5 nitrogen and oxygen atoms in total. The molecule has 1 aromatic carbocycles. The molecule has 0 aromatic heterocycles. The average molecular weight is 358 g/mol. The van der Waals surface area contributed by atoms with Crippen LogP contribution in [0.1, 0.15) is 30.7 Å². The lowest BCUT2D eigenvalue weighted by molar-refractivity contribution is -0.139. The maximum atomic E-state index is 12.5. The van der Waals surface area contributed by atoms with Gasteiger partial charge in [0.15, 0.2) is 0 Å². The van der Waals surface area contributed by atoms with Crippen LogP contribution in [-0.2, 0) is 14.3 Å². The van der Waals surface area contributed by atoms with Crippen molar-refractivity contribution in [3.8, 4) is 0 Å². The summed E-state index contributed by atoms with van der Waals surface area (Å²) in [4.78, 5) is 23.5. The third-order valence-corrected chi connectivity index (χ3v) is 5.32. The Morgan fingerprint density at radius 2 is 2.17 bits per heavy atom. The summed E-state index contributed by atoms with van der Waals surface area (Å²) in [5.74, 6) is -1.25. The predicted molar refractivity (Wildman–Crippen MR) is 85.9 cm³/mol. The smallest absolute Gasteiger partial charge is 0.305 e. The minimum absolute atomic E-state index is 0.0328. The van der Waals surface area contributed by atoms with Gasteiger partial charge in [0.25, 0.3) is 0 Å². The number of carbonyl (C=O) groups excluding carboxylic acids is 1. The Morgan fingerprint density at radius 3 is 2.83 bits per heavy atom. The van der Waals surface area contributed by atoms with Crippen molar-refractivity contribution < 1.29 is 19.4 Å². The zero-order valence-corrected chi connectivity index (χ0v) is 13.9. The fourth-order valence-electron chi connectivity index (χ4n) is 3.17. The normalized spacial score (nSPS) is 29.3. The highest BCUT2D eigenvalue weighted by Gasteiger charge is 2.48. The third-order valence-electron chi connectivity index (χ3n) is 4.49. The summed E-state index contributed by atoms with van der Waals surface area (Å²) in [5, 5.41) is 12.9. The molecule has 1 saturated heterocycles. The molecule has 124 valence electrons. The van der Waals surface area contributed by atoms with E-state index >= 15 is 0 Å². The monoisotopic (exact) mass is 357 g/mol. The predicted octanol–water partition coefficient (Wildman–Crippen LogP) is 2.85. The first-order valence-corrected chi connectivity index (χ1v) is 8.23. The number of nitrogens with one attached hydrogen (secondary N) is 1. The number of halogens is 2. The summed E-state index contributed by atoms with van der Waals surface area (Å²) in [5.41, 5.74) is 0.0723. The lowest BCUT2D eigenvalue weighted by Crippen LogP contribution is -2.51. The van der Waals surface area contributed by atoms with Gasteiger partial charge >= 0.3 is 5.97 Å². The minimum atomic E-state index is -0.943. The molecule has 3 unspecified atom stereocenters. The van der Waals surface area contributed by atoms with Crippen molar-refractivity contribution in [1.82, 2.24) is 5.32 Å². The van der Waals surface area contributed by atoms with E-state index in [1.807, 2.05) is 12.1 Å². The second kappa shape index (κ2) is 6.30. The van der Waals surface area contributed by atoms with E-state index in [0.29, 0.717) is 29.5 Å². The zero-order valence-electron chi connectivity index (χ0n) is 12.4. The van der Waals surface area contributed by atoms with E-state index in [9.17, 15) is 9.59 Å². The Hall–Kier alpha value is -1.30. The number of carboxylic acids is 1. The molecule has 3 rings (SSSR count). The second-order valence-corrected chi connectivity index (χ2v) is 7.02. The molecule has 0 bridgehead atoms. The number of aliphatic carboxylic acids is 1. The van der Waals surface area contributed by atoms with Crippen molar-refractivity contribution in [3.63, 3.8) is 0 Å². The Balaban J connectivity index is 1.68. The van der Waals surface area contributed by atoms with Crippen LogP contribution in [0.4, 0.5) is 0 Å². The number of benzene rings is 1. The quantitative estimate of drug-likeness (QED) is 0.849. The van der Waals surface area contributed by atoms with Crippen LogP contribution in [0.2, 0.25) is 10.0 Å². The first kappa shape index (κ1) is 16.6. The number of ether oxygens (including phenoxy) is 1. The van der Waals surface area contributed by atoms with E-state index in [1.165, 1.54) is 0 Å². The highest BCUT2D eigenvalue weighted by atomic mass is 35.5. The van der Waals surface area contributed by atoms with Gasteiger partial charge in [-0.25, -0.2) is 0 Å². The van der Waals surface area contributed by atoms with Crippen LogP contribution in [0.25, 0.3) is 0 Å². The third kappa shape index (κ3) is 3.47. The van der Waals surface area contributed by atoms with Crippen molar-refractivity contribution >= 4 is 35.1 Å². The van der Waals surface area contributed by atoms with Crippen molar-refractivity contribution in [2.45, 2.75) is 30.7 Å². The molecule has 2 N–H and O–H groups in total. The van der Waals surface area contributed by atoms with Gasteiger partial charge in [0.2, 0.25) is 5.91 Å². The summed E-state index contributed by atoms with van der Waals surface area (Å²) in [7, 11) is 0. The molecule has 3 atom stereocenters. The number of carboxylic acid groups (broad SMARTS) is 1. The fourth-order valence-corrected chi connectivity index (χ4v) is 3.62. The molecule has 2 aliphatic rings. The molecular formula is C16H17Cl2NO4. The van der Waals surface area contributed by atoms with Crippen LogP contribution in [-0.4, -0.2) is 35.7 Å². The number of carbonyl (C=O) groups is 2. The maximum Gasteiger partial charge on any atom is 0.305 e. The van der Waals surface area contributed by atoms with E-state index in [0.717, 1.165) is 5.56 Å². The number of hydrogen-bond acceptors (Lipinski definition) is 3. The molecule has 1 amide bonds. The van der Waals surface area contributed by atoms with Crippen LogP contribution in [0.3, 0.4) is 0 Å². The van der Waals surface area contributed by atoms with Crippen molar-refractivity contribution in [3.05, 3.63) is 33.8 Å². The molecule has 2 fully saturated rings. The van der Waals surface area contributed by atoms with Gasteiger partial charge in [-0.05, 0) is 30.4 Å². The largest absolute Gasteiger partial charge is 0.481 e. The molecular weight excluding hydrogens is 341 g/mol. The fraction of sp³-hybridized carbons (Fsp3) is 0.500. The molecule has 0 spiro atoms. The van der Waals surface area contributed by atoms with Gasteiger partial charge in [-0.15, -0.1) is 0 Å². The summed E-state index contributed by atoms with van der Waals surface area (Å²) in [6.45, 7) is 0.697. The van der Waals surface area contributed by atoms with Gasteiger partial charge in [0.05, 0.1) is 28.6 Å². The van der Waals surface area contributed by atoms with Crippen molar-refractivity contribution in [2.75, 3.05) is 13.2 Å². The van der Waals surface area contributed by atoms with Crippen molar-refractivity contribution in [2.24, 2.45) is 5.92 Å². The number of amides is 1. The maximum absolute atomic E-state index is 12.5. The van der Waals surface area contributed by atoms with Crippen LogP contribution >= 0.6 is 23.2 Å². The van der Waals surface area contributed by atoms with Gasteiger partial charge < -0.3 is 15.2 Å². The molecule has 1 heterocycles. The van der Waals surface area contributed by atoms with E-state index in [-0.39, 0.29) is 30.8 Å². The minimum Gasteiger partial charge on any atom is -0.481 e. The summed E-state index contributed by atoms with van der Waals surface area (Å²) in [6.07, 6.45) is 1.07. The first-order chi connectivity index (χ1) is 10.9. The van der Waals surface area contributed by atoms with Crippen molar-refractivity contribution in [1.29, 1.82) is 0 Å². The van der Waals surface area contributed by atoms with Gasteiger partial charge in [-0.3, -0.25) is 9.59 Å². The van der Waals surface area contributed by atoms with Crippen LogP contribution in [0.5, 0.6) is 0 Å². The molecule has 1 saturated carbocycles. The first-order valence-electron chi connectivity index (χ1n) is 7.47. The standard InChI is InChI=1S/C16H17Cl2NO4/c17-12-3-1-2-9(14(12)18)10-6-11(10)15(22)19-16(7-13(20)21)4-5-23-8-16/h1-3,10-11H,4-8H2,(H,19,22)(H,20,21). The van der Waals surface area contributed by atoms with Gasteiger partial charge in [-0.2, -0.15) is 0 Å². The SMILES string of the molecule is O=C(O)CC1(NC(=O)C2CC2c2cccc(Cl)c2Cl)CCOC1. The molecule has 1 aliphatic carbocycles. The molecule has 7 heteroatoms. The average Bonchev–Trinajstić information content (AvgIpc) is 3.16. The lowest BCUT2D eigenvalue weighted by Gasteiger charge is -2.27. The summed E-state index contributed by atoms with van der Waals surface area (Å²) < 4.78 is 5.29. The van der Waals surface area contributed by atoms with E-state index < -0.39 is 11.5 Å². The van der Waals surface area contributed by atoms with E-state index in [4.69, 9.17) is 33.0 Å². The Kier molecular flexibility index (Phi) is 4.54. The Morgan fingerprint density at radius 1 is 1.39 bits per heavy atom. The van der Waals surface area contributed by atoms with E-state index in [2.05, 4.69) is 5.32 Å². The lowest BCUT2D eigenvalue weighted by atomic mass is 9.94. The summed E-state index contributed by atoms with van der Waals surface area (Å²) in [6, 6.07) is 5.40. The van der Waals surface area contributed by atoms with Gasteiger partial charge in [0, 0.05) is 12.5 Å². The highest BCUT2D eigenvalue weighted by Crippen LogP contribution is 2.51. The second-order valence-electron chi connectivity index (χ2n) is 6.23. The molecule has 1 aliphatic heterocycles. The number of rotatable bonds is 5. The Labute approximate surface area is 143 Å². The number of hydrogen-bond donors (Lipinski definition) is 2. The molecule has 1 aromatic rings. The highest BCUT2D eigenvalue weighted by molar-refractivity contribution is 6.42. The van der Waals surface area contributed by atoms with Gasteiger partial charge in [-0.1, -0.05) is 35.3 Å². The molecule has 23 heavy (non-hydrogen) atoms. The summed E-state index contributed by atoms with van der Waals surface area (Å²) >= 11 is 12.2.